The van der Waals surface area contributed by atoms with E-state index in [1.165, 1.54) is 4.90 Å². The van der Waals surface area contributed by atoms with E-state index in [1.54, 1.807) is 11.9 Å². The lowest BCUT2D eigenvalue weighted by atomic mass is 9.96. The summed E-state index contributed by atoms with van der Waals surface area (Å²) in [6, 6.07) is 4.16. The Kier molecular flexibility index (Phi) is 5.09. The van der Waals surface area contributed by atoms with Crippen molar-refractivity contribution >= 4 is 29.3 Å². The van der Waals surface area contributed by atoms with Gasteiger partial charge in [0.05, 0.1) is 6.61 Å². The molecule has 1 aromatic rings. The Balaban J connectivity index is 2.52. The first kappa shape index (κ1) is 17.5. The van der Waals surface area contributed by atoms with Gasteiger partial charge in [0.25, 0.3) is 5.91 Å². The van der Waals surface area contributed by atoms with Crippen LogP contribution in [0, 0.1) is 6.92 Å². The number of carbonyl (C=O) groups excluding carboxylic acids is 1. The van der Waals surface area contributed by atoms with Crippen molar-refractivity contribution in [3.8, 4) is 5.75 Å². The summed E-state index contributed by atoms with van der Waals surface area (Å²) < 4.78 is 5.75. The number of ether oxygens (including phenoxy) is 1. The number of benzene rings is 1. The van der Waals surface area contributed by atoms with Crippen molar-refractivity contribution in [2.45, 2.75) is 33.6 Å². The van der Waals surface area contributed by atoms with Crippen molar-refractivity contribution in [3.63, 3.8) is 0 Å². The molecule has 124 valence electrons. The first-order chi connectivity index (χ1) is 10.8. The zero-order chi connectivity index (χ0) is 17.3. The van der Waals surface area contributed by atoms with Crippen molar-refractivity contribution in [3.05, 3.63) is 34.5 Å². The Bertz CT molecular complexity index is 680. The van der Waals surface area contributed by atoms with E-state index in [-0.39, 0.29) is 5.91 Å². The zero-order valence-electron chi connectivity index (χ0n) is 14.6. The van der Waals surface area contributed by atoms with Crippen LogP contribution >= 0.6 is 12.2 Å². The highest BCUT2D eigenvalue weighted by Crippen LogP contribution is 2.32. The van der Waals surface area contributed by atoms with Crippen LogP contribution in [0.1, 0.15) is 43.4 Å². The second-order valence-corrected chi connectivity index (χ2v) is 6.43. The van der Waals surface area contributed by atoms with E-state index < -0.39 is 0 Å². The average molecular weight is 332 g/mol. The maximum atomic E-state index is 12.3. The van der Waals surface area contributed by atoms with E-state index in [0.717, 1.165) is 22.4 Å². The molecule has 1 heterocycles. The Morgan fingerprint density at radius 1 is 1.26 bits per heavy atom. The molecule has 0 unspecified atom stereocenters. The molecule has 2 rings (SSSR count). The maximum absolute atomic E-state index is 12.3. The molecule has 0 N–H and O–H groups in total. The summed E-state index contributed by atoms with van der Waals surface area (Å²) in [7, 11) is 3.52. The lowest BCUT2D eigenvalue weighted by Gasteiger charge is -2.17. The van der Waals surface area contributed by atoms with E-state index in [1.807, 2.05) is 33.0 Å². The van der Waals surface area contributed by atoms with Crippen molar-refractivity contribution in [1.29, 1.82) is 0 Å². The Morgan fingerprint density at radius 2 is 1.91 bits per heavy atom. The number of nitrogens with zero attached hydrogens (tertiary/aromatic N) is 2. The lowest BCUT2D eigenvalue weighted by Crippen LogP contribution is -2.26. The molecule has 0 aromatic heterocycles. The molecular formula is C18H24N2O2S. The van der Waals surface area contributed by atoms with Gasteiger partial charge in [0.1, 0.15) is 11.4 Å². The number of thiocarbonyl (C=S) groups is 1. The fourth-order valence-corrected chi connectivity index (χ4v) is 2.82. The number of hydrogen-bond donors (Lipinski definition) is 0. The zero-order valence-corrected chi connectivity index (χ0v) is 15.5. The van der Waals surface area contributed by atoms with Gasteiger partial charge in [-0.15, -0.1) is 0 Å². The summed E-state index contributed by atoms with van der Waals surface area (Å²) >= 11 is 5.26. The summed E-state index contributed by atoms with van der Waals surface area (Å²) in [6.45, 7) is 8.93. The molecule has 1 amide bonds. The molecule has 0 spiro atoms. The molecule has 5 heteroatoms. The minimum absolute atomic E-state index is 0.0723. The topological polar surface area (TPSA) is 32.8 Å². The first-order valence-corrected chi connectivity index (χ1v) is 8.23. The van der Waals surface area contributed by atoms with Gasteiger partial charge in [-0.3, -0.25) is 9.69 Å². The Labute approximate surface area is 143 Å². The molecule has 0 aliphatic carbocycles. The van der Waals surface area contributed by atoms with Gasteiger partial charge >= 0.3 is 0 Å². The minimum atomic E-state index is -0.0723. The second kappa shape index (κ2) is 6.71. The van der Waals surface area contributed by atoms with Crippen LogP contribution in [-0.4, -0.2) is 41.5 Å². The predicted molar refractivity (Wildman–Crippen MR) is 97.5 cm³/mol. The molecule has 0 atom stereocenters. The van der Waals surface area contributed by atoms with Gasteiger partial charge in [0.2, 0.25) is 0 Å². The van der Waals surface area contributed by atoms with Gasteiger partial charge in [0.15, 0.2) is 5.11 Å². The van der Waals surface area contributed by atoms with Crippen molar-refractivity contribution in [1.82, 2.24) is 9.80 Å². The van der Waals surface area contributed by atoms with Crippen LogP contribution in [0.15, 0.2) is 17.8 Å². The van der Waals surface area contributed by atoms with Crippen LogP contribution in [-0.2, 0) is 4.79 Å². The number of hydrogen-bond acceptors (Lipinski definition) is 3. The van der Waals surface area contributed by atoms with Crippen LogP contribution in [0.4, 0.5) is 0 Å². The smallest absolute Gasteiger partial charge is 0.276 e. The van der Waals surface area contributed by atoms with Crippen LogP contribution in [0.5, 0.6) is 5.75 Å². The summed E-state index contributed by atoms with van der Waals surface area (Å²) in [5.41, 5.74) is 3.84. The molecule has 1 aliphatic rings. The van der Waals surface area contributed by atoms with Crippen LogP contribution < -0.4 is 4.74 Å². The Morgan fingerprint density at radius 3 is 2.39 bits per heavy atom. The maximum Gasteiger partial charge on any atom is 0.276 e. The third-order valence-corrected chi connectivity index (χ3v) is 4.62. The molecule has 0 saturated carbocycles. The average Bonchev–Trinajstić information content (AvgIpc) is 2.67. The quantitative estimate of drug-likeness (QED) is 0.623. The van der Waals surface area contributed by atoms with Gasteiger partial charge in [-0.05, 0) is 66.9 Å². The molecular weight excluding hydrogens is 308 g/mol. The SMILES string of the molecule is CCOc1cc(C)c(/C=C2/C(=O)N(C)C(=S)N2C)cc1C(C)C. The normalized spacial score (nSPS) is 16.9. The number of aryl methyl sites for hydroxylation is 1. The summed E-state index contributed by atoms with van der Waals surface area (Å²) in [5.74, 6) is 1.19. The van der Waals surface area contributed by atoms with E-state index in [9.17, 15) is 4.79 Å². The highest BCUT2D eigenvalue weighted by Gasteiger charge is 2.32. The van der Waals surface area contributed by atoms with Crippen LogP contribution in [0.3, 0.4) is 0 Å². The first-order valence-electron chi connectivity index (χ1n) is 7.82. The molecule has 0 radical (unpaired) electrons. The standard InChI is InChI=1S/C18H24N2O2S/c1-7-22-16-8-12(4)13(9-14(16)11(2)3)10-15-17(21)20(6)18(23)19(15)5/h8-11H,7H2,1-6H3/b15-10-. The fourth-order valence-electron chi connectivity index (χ4n) is 2.64. The number of carbonyl (C=O) groups is 1. The Hall–Kier alpha value is -1.88. The monoisotopic (exact) mass is 332 g/mol. The third-order valence-electron chi connectivity index (χ3n) is 4.07. The van der Waals surface area contributed by atoms with Crippen molar-refractivity contribution < 1.29 is 9.53 Å². The second-order valence-electron chi connectivity index (χ2n) is 6.07. The van der Waals surface area contributed by atoms with E-state index in [0.29, 0.717) is 23.3 Å². The summed E-state index contributed by atoms with van der Waals surface area (Å²) in [6.07, 6.45) is 1.91. The molecule has 1 fully saturated rings. The molecule has 1 aliphatic heterocycles. The highest BCUT2D eigenvalue weighted by atomic mass is 32.1. The fraction of sp³-hybridized carbons (Fsp3) is 0.444. The largest absolute Gasteiger partial charge is 0.494 e. The van der Waals surface area contributed by atoms with E-state index in [2.05, 4.69) is 19.9 Å². The number of rotatable bonds is 4. The van der Waals surface area contributed by atoms with Gasteiger partial charge < -0.3 is 9.64 Å². The van der Waals surface area contributed by atoms with Crippen LogP contribution in [0.25, 0.3) is 6.08 Å². The van der Waals surface area contributed by atoms with Crippen molar-refractivity contribution in [2.75, 3.05) is 20.7 Å². The molecule has 4 nitrogen and oxygen atoms in total. The third kappa shape index (κ3) is 3.24. The highest BCUT2D eigenvalue weighted by molar-refractivity contribution is 7.80. The molecule has 1 saturated heterocycles. The predicted octanol–water partition coefficient (Wildman–Crippen LogP) is 3.55. The van der Waals surface area contributed by atoms with Crippen molar-refractivity contribution in [2.24, 2.45) is 0 Å². The van der Waals surface area contributed by atoms with Crippen LogP contribution in [0.2, 0.25) is 0 Å². The van der Waals surface area contributed by atoms with Gasteiger partial charge in [0, 0.05) is 14.1 Å². The molecule has 1 aromatic carbocycles. The number of likely N-dealkylation sites (N-methyl/N-ethyl adjacent to an activating group) is 2. The molecule has 0 bridgehead atoms. The van der Waals surface area contributed by atoms with Gasteiger partial charge in [-0.1, -0.05) is 13.8 Å². The van der Waals surface area contributed by atoms with Gasteiger partial charge in [-0.2, -0.15) is 0 Å². The van der Waals surface area contributed by atoms with Gasteiger partial charge in [-0.25, -0.2) is 0 Å². The molecule has 23 heavy (non-hydrogen) atoms. The minimum Gasteiger partial charge on any atom is -0.494 e. The number of amides is 1. The summed E-state index contributed by atoms with van der Waals surface area (Å²) in [4.78, 5) is 15.6. The van der Waals surface area contributed by atoms with E-state index >= 15 is 0 Å². The van der Waals surface area contributed by atoms with E-state index in [4.69, 9.17) is 17.0 Å². The summed E-state index contributed by atoms with van der Waals surface area (Å²) in [5, 5.41) is 0.522. The lowest BCUT2D eigenvalue weighted by molar-refractivity contribution is -0.121.